The Kier molecular flexibility index (Phi) is 6.19. The minimum Gasteiger partial charge on any atom is -0.370 e. The van der Waals surface area contributed by atoms with Gasteiger partial charge in [-0.1, -0.05) is 19.3 Å². The third-order valence-corrected chi connectivity index (χ3v) is 6.83. The van der Waals surface area contributed by atoms with Crippen LogP contribution in [0, 0.1) is 0 Å². The summed E-state index contributed by atoms with van der Waals surface area (Å²) >= 11 is 0. The van der Waals surface area contributed by atoms with Gasteiger partial charge in [0.15, 0.2) is 0 Å². The van der Waals surface area contributed by atoms with Crippen molar-refractivity contribution in [2.24, 2.45) is 5.73 Å². The monoisotopic (exact) mass is 332 g/mol. The SMILES string of the molecule is CN(C1CCCCC1)S(=O)(=O)N1CCN(CCC(N)=O)CC1. The smallest absolute Gasteiger partial charge is 0.282 e. The van der Waals surface area contributed by atoms with Crippen LogP contribution in [-0.2, 0) is 15.0 Å². The van der Waals surface area contributed by atoms with Gasteiger partial charge in [-0.3, -0.25) is 4.79 Å². The number of nitrogens with two attached hydrogens (primary N) is 1. The van der Waals surface area contributed by atoms with Gasteiger partial charge in [0.25, 0.3) is 10.2 Å². The van der Waals surface area contributed by atoms with Crippen LogP contribution in [0.5, 0.6) is 0 Å². The molecule has 2 aliphatic rings. The van der Waals surface area contributed by atoms with Crippen LogP contribution in [0.1, 0.15) is 38.5 Å². The van der Waals surface area contributed by atoms with Crippen molar-refractivity contribution in [1.82, 2.24) is 13.5 Å². The third kappa shape index (κ3) is 4.41. The van der Waals surface area contributed by atoms with E-state index in [0.717, 1.165) is 25.7 Å². The fourth-order valence-corrected chi connectivity index (χ4v) is 4.84. The Morgan fingerprint density at radius 1 is 1.14 bits per heavy atom. The second-order valence-electron chi connectivity index (χ2n) is 6.27. The maximum absolute atomic E-state index is 12.7. The highest BCUT2D eigenvalue weighted by atomic mass is 32.2. The molecule has 0 bridgehead atoms. The Morgan fingerprint density at radius 2 is 1.73 bits per heavy atom. The van der Waals surface area contributed by atoms with Crippen molar-refractivity contribution in [3.63, 3.8) is 0 Å². The van der Waals surface area contributed by atoms with Crippen LogP contribution >= 0.6 is 0 Å². The lowest BCUT2D eigenvalue weighted by atomic mass is 9.96. The molecule has 1 amide bonds. The van der Waals surface area contributed by atoms with Crippen molar-refractivity contribution >= 4 is 16.1 Å². The lowest BCUT2D eigenvalue weighted by Gasteiger charge is -2.38. The standard InChI is InChI=1S/C14H28N4O3S/c1-16(13-5-3-2-4-6-13)22(20,21)18-11-9-17(10-12-18)8-7-14(15)19/h13H,2-12H2,1H3,(H2,15,19). The van der Waals surface area contributed by atoms with Crippen LogP contribution in [0.15, 0.2) is 0 Å². The molecule has 2 N–H and O–H groups in total. The Hall–Kier alpha value is -0.700. The first kappa shape index (κ1) is 17.7. The number of carbonyl (C=O) groups is 1. The van der Waals surface area contributed by atoms with Crippen LogP contribution in [0.25, 0.3) is 0 Å². The van der Waals surface area contributed by atoms with Crippen molar-refractivity contribution in [2.75, 3.05) is 39.8 Å². The van der Waals surface area contributed by atoms with Gasteiger partial charge in [0, 0.05) is 52.2 Å². The van der Waals surface area contributed by atoms with Gasteiger partial charge < -0.3 is 10.6 Å². The topological polar surface area (TPSA) is 87.0 Å². The maximum atomic E-state index is 12.7. The van der Waals surface area contributed by atoms with E-state index in [9.17, 15) is 13.2 Å². The number of carbonyl (C=O) groups excluding carboxylic acids is 1. The van der Waals surface area contributed by atoms with E-state index in [1.54, 1.807) is 15.7 Å². The van der Waals surface area contributed by atoms with E-state index in [1.165, 1.54) is 6.42 Å². The number of hydrogen-bond donors (Lipinski definition) is 1. The van der Waals surface area contributed by atoms with E-state index in [1.807, 2.05) is 0 Å². The normalized spacial score (nSPS) is 23.0. The largest absolute Gasteiger partial charge is 0.370 e. The summed E-state index contributed by atoms with van der Waals surface area (Å²) in [5, 5.41) is 0. The zero-order chi connectivity index (χ0) is 16.2. The van der Waals surface area contributed by atoms with Gasteiger partial charge in [-0.2, -0.15) is 17.0 Å². The fraction of sp³-hybridized carbons (Fsp3) is 0.929. The highest BCUT2D eigenvalue weighted by Crippen LogP contribution is 2.25. The van der Waals surface area contributed by atoms with Crippen LogP contribution in [-0.4, -0.2) is 73.6 Å². The van der Waals surface area contributed by atoms with Crippen molar-refractivity contribution in [2.45, 2.75) is 44.6 Å². The predicted octanol–water partition coefficient (Wildman–Crippen LogP) is -0.0113. The lowest BCUT2D eigenvalue weighted by molar-refractivity contribution is -0.118. The molecule has 0 aromatic rings. The van der Waals surface area contributed by atoms with E-state index in [4.69, 9.17) is 5.73 Å². The molecule has 0 spiro atoms. The molecule has 22 heavy (non-hydrogen) atoms. The van der Waals surface area contributed by atoms with Crippen LogP contribution in [0.3, 0.4) is 0 Å². The molecule has 0 unspecified atom stereocenters. The zero-order valence-electron chi connectivity index (χ0n) is 13.4. The Labute approximate surface area is 133 Å². The molecule has 2 rings (SSSR count). The average Bonchev–Trinajstić information content (AvgIpc) is 2.53. The van der Waals surface area contributed by atoms with Gasteiger partial charge in [0.1, 0.15) is 0 Å². The first-order valence-electron chi connectivity index (χ1n) is 8.15. The quantitative estimate of drug-likeness (QED) is 0.741. The minimum atomic E-state index is -3.37. The number of nitrogens with zero attached hydrogens (tertiary/aromatic N) is 3. The predicted molar refractivity (Wildman–Crippen MR) is 85.4 cm³/mol. The van der Waals surface area contributed by atoms with Crippen molar-refractivity contribution in [3.05, 3.63) is 0 Å². The highest BCUT2D eigenvalue weighted by Gasteiger charge is 2.34. The van der Waals surface area contributed by atoms with E-state index < -0.39 is 10.2 Å². The third-order valence-electron chi connectivity index (χ3n) is 4.78. The van der Waals surface area contributed by atoms with Gasteiger partial charge >= 0.3 is 0 Å². The molecule has 1 aliphatic heterocycles. The molecule has 0 aromatic carbocycles. The summed E-state index contributed by atoms with van der Waals surface area (Å²) < 4.78 is 28.6. The molecule has 128 valence electrons. The number of rotatable bonds is 6. The van der Waals surface area contributed by atoms with Crippen molar-refractivity contribution in [3.8, 4) is 0 Å². The van der Waals surface area contributed by atoms with E-state index in [0.29, 0.717) is 39.1 Å². The summed E-state index contributed by atoms with van der Waals surface area (Å²) in [6.45, 7) is 2.90. The van der Waals surface area contributed by atoms with Gasteiger partial charge in [-0.05, 0) is 12.8 Å². The van der Waals surface area contributed by atoms with Crippen molar-refractivity contribution < 1.29 is 13.2 Å². The molecule has 8 heteroatoms. The summed E-state index contributed by atoms with van der Waals surface area (Å²) in [6, 6.07) is 0.145. The van der Waals surface area contributed by atoms with E-state index in [-0.39, 0.29) is 11.9 Å². The first-order chi connectivity index (χ1) is 10.4. The highest BCUT2D eigenvalue weighted by molar-refractivity contribution is 7.86. The molecule has 7 nitrogen and oxygen atoms in total. The van der Waals surface area contributed by atoms with Crippen LogP contribution in [0.2, 0.25) is 0 Å². The number of hydrogen-bond acceptors (Lipinski definition) is 4. The second-order valence-corrected chi connectivity index (χ2v) is 8.26. The van der Waals surface area contributed by atoms with Gasteiger partial charge in [0.05, 0.1) is 0 Å². The molecular weight excluding hydrogens is 304 g/mol. The van der Waals surface area contributed by atoms with Crippen LogP contribution in [0.4, 0.5) is 0 Å². The molecule has 2 fully saturated rings. The summed E-state index contributed by atoms with van der Waals surface area (Å²) in [7, 11) is -1.65. The minimum absolute atomic E-state index is 0.145. The Morgan fingerprint density at radius 3 is 2.27 bits per heavy atom. The van der Waals surface area contributed by atoms with E-state index in [2.05, 4.69) is 4.90 Å². The molecule has 0 radical (unpaired) electrons. The summed E-state index contributed by atoms with van der Waals surface area (Å²) in [4.78, 5) is 12.9. The van der Waals surface area contributed by atoms with Gasteiger partial charge in [-0.25, -0.2) is 0 Å². The second kappa shape index (κ2) is 7.72. The van der Waals surface area contributed by atoms with Gasteiger partial charge in [-0.15, -0.1) is 0 Å². The zero-order valence-corrected chi connectivity index (χ0v) is 14.2. The number of piperazine rings is 1. The fourth-order valence-electron chi connectivity index (χ4n) is 3.27. The maximum Gasteiger partial charge on any atom is 0.282 e. The van der Waals surface area contributed by atoms with Gasteiger partial charge in [0.2, 0.25) is 5.91 Å². The average molecular weight is 332 g/mol. The molecule has 0 aromatic heterocycles. The van der Waals surface area contributed by atoms with E-state index >= 15 is 0 Å². The molecule has 1 heterocycles. The Bertz CT molecular complexity index is 468. The number of amides is 1. The number of primary amides is 1. The first-order valence-corrected chi connectivity index (χ1v) is 9.54. The summed E-state index contributed by atoms with van der Waals surface area (Å²) in [6.07, 6.45) is 5.71. The molecular formula is C14H28N4O3S. The van der Waals surface area contributed by atoms with Crippen molar-refractivity contribution in [1.29, 1.82) is 0 Å². The molecule has 1 aliphatic carbocycles. The van der Waals surface area contributed by atoms with Crippen LogP contribution < -0.4 is 5.73 Å². The molecule has 0 atom stereocenters. The molecule has 1 saturated heterocycles. The Balaban J connectivity index is 1.87. The summed E-state index contributed by atoms with van der Waals surface area (Å²) in [5.41, 5.74) is 5.15. The summed E-state index contributed by atoms with van der Waals surface area (Å²) in [5.74, 6) is -0.313. The lowest BCUT2D eigenvalue weighted by Crippen LogP contribution is -2.54. The molecule has 1 saturated carbocycles.